The van der Waals surface area contributed by atoms with E-state index in [0.29, 0.717) is 41.7 Å². The Balaban J connectivity index is 1.55. The predicted octanol–water partition coefficient (Wildman–Crippen LogP) is 3.93. The van der Waals surface area contributed by atoms with Crippen molar-refractivity contribution in [3.8, 4) is 22.8 Å². The first kappa shape index (κ1) is 20.9. The van der Waals surface area contributed by atoms with Crippen LogP contribution in [0, 0.1) is 0 Å². The van der Waals surface area contributed by atoms with Crippen molar-refractivity contribution in [3.63, 3.8) is 0 Å². The van der Waals surface area contributed by atoms with Gasteiger partial charge in [0, 0.05) is 17.3 Å². The molecule has 1 N–H and O–H groups in total. The van der Waals surface area contributed by atoms with E-state index < -0.39 is 18.5 Å². The molecule has 0 aliphatic carbocycles. The second kappa shape index (κ2) is 10.1. The maximum atomic E-state index is 12.2. The van der Waals surface area contributed by atoms with Crippen LogP contribution >= 0.6 is 0 Å². The summed E-state index contributed by atoms with van der Waals surface area (Å²) in [7, 11) is 0. The highest BCUT2D eigenvalue weighted by Gasteiger charge is 2.13. The molecular weight excluding hydrogens is 388 g/mol. The number of rotatable bonds is 9. The van der Waals surface area contributed by atoms with Gasteiger partial charge in [0.05, 0.1) is 25.0 Å². The van der Waals surface area contributed by atoms with Crippen molar-refractivity contribution in [1.29, 1.82) is 0 Å². The first-order valence-corrected chi connectivity index (χ1v) is 9.46. The Morgan fingerprint density at radius 2 is 1.73 bits per heavy atom. The Bertz CT molecular complexity index is 983. The maximum absolute atomic E-state index is 12.2. The van der Waals surface area contributed by atoms with Gasteiger partial charge in [0.1, 0.15) is 0 Å². The van der Waals surface area contributed by atoms with Crippen molar-refractivity contribution in [3.05, 3.63) is 60.6 Å². The zero-order valence-electron chi connectivity index (χ0n) is 16.7. The molecule has 0 radical (unpaired) electrons. The molecule has 0 bridgehead atoms. The van der Waals surface area contributed by atoms with Crippen LogP contribution in [0.2, 0.25) is 0 Å². The largest absolute Gasteiger partial charge is 0.490 e. The van der Waals surface area contributed by atoms with Gasteiger partial charge in [-0.2, -0.15) is 0 Å². The van der Waals surface area contributed by atoms with E-state index in [1.54, 1.807) is 48.7 Å². The summed E-state index contributed by atoms with van der Waals surface area (Å²) in [6, 6.07) is 11.7. The number of amides is 1. The number of anilines is 1. The first-order valence-electron chi connectivity index (χ1n) is 9.46. The number of esters is 1. The summed E-state index contributed by atoms with van der Waals surface area (Å²) in [5, 5.41) is 2.67. The molecule has 0 fully saturated rings. The Morgan fingerprint density at radius 1 is 1.00 bits per heavy atom. The molecule has 3 rings (SSSR count). The van der Waals surface area contributed by atoms with Crippen LogP contribution in [-0.4, -0.2) is 36.7 Å². The molecule has 1 aromatic heterocycles. The first-order chi connectivity index (χ1) is 14.6. The molecule has 0 atom stereocenters. The van der Waals surface area contributed by atoms with Crippen LogP contribution in [0.3, 0.4) is 0 Å². The number of aromatic nitrogens is 1. The van der Waals surface area contributed by atoms with E-state index in [1.165, 1.54) is 6.39 Å². The minimum Gasteiger partial charge on any atom is -0.490 e. The molecule has 0 spiro atoms. The molecular formula is C22H22N2O6. The summed E-state index contributed by atoms with van der Waals surface area (Å²) in [5.41, 5.74) is 1.62. The number of carbonyl (C=O) groups excluding carboxylic acids is 2. The summed E-state index contributed by atoms with van der Waals surface area (Å²) in [6.07, 6.45) is 2.91. The molecule has 3 aromatic rings. The molecule has 0 aliphatic heterocycles. The van der Waals surface area contributed by atoms with Gasteiger partial charge in [-0.1, -0.05) is 12.1 Å². The molecule has 1 amide bonds. The monoisotopic (exact) mass is 410 g/mol. The van der Waals surface area contributed by atoms with Crippen LogP contribution in [0.15, 0.2) is 59.5 Å². The number of ether oxygens (including phenoxy) is 3. The van der Waals surface area contributed by atoms with Gasteiger partial charge in [0.25, 0.3) is 5.91 Å². The molecule has 156 valence electrons. The summed E-state index contributed by atoms with van der Waals surface area (Å²) in [4.78, 5) is 28.2. The molecule has 0 unspecified atom stereocenters. The van der Waals surface area contributed by atoms with Gasteiger partial charge in [0.15, 0.2) is 30.3 Å². The molecule has 0 aliphatic rings. The highest BCUT2D eigenvalue weighted by molar-refractivity contribution is 5.95. The minimum absolute atomic E-state index is 0.325. The zero-order valence-corrected chi connectivity index (χ0v) is 16.7. The van der Waals surface area contributed by atoms with Crippen LogP contribution in [-0.2, 0) is 9.53 Å². The Hall–Kier alpha value is -3.81. The molecule has 0 saturated carbocycles. The standard InChI is InChI=1S/C22H22N2O6/c1-3-27-18-10-9-17(11-19(18)28-4-2)24-21(25)13-29-22(26)16-7-5-15(6-8-16)20-12-23-14-30-20/h5-12,14H,3-4,13H2,1-2H3,(H,24,25). The minimum atomic E-state index is -0.601. The summed E-state index contributed by atoms with van der Waals surface area (Å²) in [5.74, 6) is 0.652. The summed E-state index contributed by atoms with van der Waals surface area (Å²) in [6.45, 7) is 4.28. The van der Waals surface area contributed by atoms with Crippen LogP contribution < -0.4 is 14.8 Å². The molecule has 2 aromatic carbocycles. The van der Waals surface area contributed by atoms with Crippen molar-refractivity contribution < 1.29 is 28.2 Å². The summed E-state index contributed by atoms with van der Waals surface area (Å²) < 4.78 is 21.3. The van der Waals surface area contributed by atoms with Gasteiger partial charge in [-0.25, -0.2) is 9.78 Å². The average molecular weight is 410 g/mol. The van der Waals surface area contributed by atoms with E-state index in [9.17, 15) is 9.59 Å². The van der Waals surface area contributed by atoms with Crippen LogP contribution in [0.1, 0.15) is 24.2 Å². The number of carbonyl (C=O) groups is 2. The Morgan fingerprint density at radius 3 is 2.40 bits per heavy atom. The van der Waals surface area contributed by atoms with E-state index in [2.05, 4.69) is 10.3 Å². The van der Waals surface area contributed by atoms with Gasteiger partial charge in [-0.15, -0.1) is 0 Å². The highest BCUT2D eigenvalue weighted by atomic mass is 16.5. The van der Waals surface area contributed by atoms with Crippen molar-refractivity contribution in [2.45, 2.75) is 13.8 Å². The number of hydrogen-bond donors (Lipinski definition) is 1. The van der Waals surface area contributed by atoms with E-state index in [1.807, 2.05) is 13.8 Å². The van der Waals surface area contributed by atoms with Crippen LogP contribution in [0.5, 0.6) is 11.5 Å². The van der Waals surface area contributed by atoms with E-state index >= 15 is 0 Å². The van der Waals surface area contributed by atoms with Gasteiger partial charge >= 0.3 is 5.97 Å². The number of oxazole rings is 1. The Labute approximate surface area is 173 Å². The van der Waals surface area contributed by atoms with Crippen molar-refractivity contribution in [2.24, 2.45) is 0 Å². The molecule has 0 saturated heterocycles. The number of benzene rings is 2. The van der Waals surface area contributed by atoms with Crippen molar-refractivity contribution in [2.75, 3.05) is 25.1 Å². The van der Waals surface area contributed by atoms with E-state index in [0.717, 1.165) is 5.56 Å². The second-order valence-corrected chi connectivity index (χ2v) is 6.09. The third-order valence-corrected chi connectivity index (χ3v) is 4.00. The van der Waals surface area contributed by atoms with Crippen molar-refractivity contribution in [1.82, 2.24) is 4.98 Å². The van der Waals surface area contributed by atoms with Gasteiger partial charge in [-0.3, -0.25) is 4.79 Å². The topological polar surface area (TPSA) is 99.9 Å². The lowest BCUT2D eigenvalue weighted by Gasteiger charge is -2.13. The van der Waals surface area contributed by atoms with Crippen molar-refractivity contribution >= 4 is 17.6 Å². The molecule has 8 heteroatoms. The average Bonchev–Trinajstić information content (AvgIpc) is 3.29. The van der Waals surface area contributed by atoms with Crippen LogP contribution in [0.25, 0.3) is 11.3 Å². The van der Waals surface area contributed by atoms with Gasteiger partial charge in [0.2, 0.25) is 0 Å². The second-order valence-electron chi connectivity index (χ2n) is 6.09. The zero-order chi connectivity index (χ0) is 21.3. The van der Waals surface area contributed by atoms with E-state index in [4.69, 9.17) is 18.6 Å². The SMILES string of the molecule is CCOc1ccc(NC(=O)COC(=O)c2ccc(-c3cnco3)cc2)cc1OCC. The summed E-state index contributed by atoms with van der Waals surface area (Å²) >= 11 is 0. The van der Waals surface area contributed by atoms with Crippen LogP contribution in [0.4, 0.5) is 5.69 Å². The lowest BCUT2D eigenvalue weighted by atomic mass is 10.1. The normalized spacial score (nSPS) is 10.3. The fraction of sp³-hybridized carbons (Fsp3) is 0.227. The molecule has 8 nitrogen and oxygen atoms in total. The highest BCUT2D eigenvalue weighted by Crippen LogP contribution is 2.30. The number of nitrogens with one attached hydrogen (secondary N) is 1. The predicted molar refractivity (Wildman–Crippen MR) is 110 cm³/mol. The Kier molecular flexibility index (Phi) is 7.05. The lowest BCUT2D eigenvalue weighted by molar-refractivity contribution is -0.119. The van der Waals surface area contributed by atoms with Gasteiger partial charge in [-0.05, 0) is 38.1 Å². The number of hydrogen-bond acceptors (Lipinski definition) is 7. The third kappa shape index (κ3) is 5.38. The van der Waals surface area contributed by atoms with Gasteiger partial charge < -0.3 is 23.9 Å². The molecule has 1 heterocycles. The fourth-order valence-electron chi connectivity index (χ4n) is 2.67. The van der Waals surface area contributed by atoms with E-state index in [-0.39, 0.29) is 0 Å². The third-order valence-electron chi connectivity index (χ3n) is 4.00. The maximum Gasteiger partial charge on any atom is 0.338 e. The smallest absolute Gasteiger partial charge is 0.338 e. The quantitative estimate of drug-likeness (QED) is 0.533. The molecule has 30 heavy (non-hydrogen) atoms. The lowest BCUT2D eigenvalue weighted by Crippen LogP contribution is -2.21. The number of nitrogens with zero attached hydrogens (tertiary/aromatic N) is 1. The fourth-order valence-corrected chi connectivity index (χ4v) is 2.67.